The minimum atomic E-state index is -0.610. The number of amides is 1. The second kappa shape index (κ2) is 9.62. The lowest BCUT2D eigenvalue weighted by atomic mass is 9.92. The molecule has 1 amide bonds. The predicted molar refractivity (Wildman–Crippen MR) is 110 cm³/mol. The summed E-state index contributed by atoms with van der Waals surface area (Å²) in [6, 6.07) is 5.84. The largest absolute Gasteiger partial charge is 0.493 e. The van der Waals surface area contributed by atoms with Crippen LogP contribution in [-0.4, -0.2) is 42.2 Å². The number of aromatic nitrogens is 1. The molecule has 1 fully saturated rings. The first-order valence-electron chi connectivity index (χ1n) is 9.40. The second-order valence-corrected chi connectivity index (χ2v) is 7.30. The number of carbonyl (C=O) groups excluding carboxylic acids is 1. The SMILES string of the molecule is COc1cc(C(=O)NC2CCC(Oc3ccc(Cl)cn3)CC2)c([N+](=O)[O-])cc1OC. The van der Waals surface area contributed by atoms with E-state index < -0.39 is 10.8 Å². The highest BCUT2D eigenvalue weighted by atomic mass is 35.5. The van der Waals surface area contributed by atoms with E-state index in [4.69, 9.17) is 25.8 Å². The lowest BCUT2D eigenvalue weighted by molar-refractivity contribution is -0.385. The maximum atomic E-state index is 12.7. The Morgan fingerprint density at radius 2 is 1.83 bits per heavy atom. The van der Waals surface area contributed by atoms with Gasteiger partial charge < -0.3 is 19.5 Å². The standard InChI is InChI=1S/C20H22ClN3O6/c1-28-17-9-15(16(24(26)27)10-18(17)29-2)20(25)23-13-4-6-14(7-5-13)30-19-8-3-12(21)11-22-19/h3,8-11,13-14H,4-7H2,1-2H3,(H,23,25). The minimum Gasteiger partial charge on any atom is -0.493 e. The second-order valence-electron chi connectivity index (χ2n) is 6.86. The molecule has 0 unspecified atom stereocenters. The number of halogens is 1. The van der Waals surface area contributed by atoms with Crippen molar-refractivity contribution in [2.75, 3.05) is 14.2 Å². The Bertz CT molecular complexity index is 914. The summed E-state index contributed by atoms with van der Waals surface area (Å²) in [5, 5.41) is 14.8. The van der Waals surface area contributed by atoms with Gasteiger partial charge in [-0.3, -0.25) is 14.9 Å². The van der Waals surface area contributed by atoms with E-state index in [1.54, 1.807) is 12.1 Å². The number of pyridine rings is 1. The minimum absolute atomic E-state index is 0.0118. The molecule has 1 aromatic heterocycles. The molecule has 1 saturated carbocycles. The number of hydrogen-bond acceptors (Lipinski definition) is 7. The van der Waals surface area contributed by atoms with Gasteiger partial charge in [-0.1, -0.05) is 11.6 Å². The van der Waals surface area contributed by atoms with Crippen LogP contribution in [0, 0.1) is 10.1 Å². The number of hydrogen-bond donors (Lipinski definition) is 1. The fourth-order valence-electron chi connectivity index (χ4n) is 3.39. The first kappa shape index (κ1) is 21.6. The van der Waals surface area contributed by atoms with Gasteiger partial charge in [-0.2, -0.15) is 0 Å². The van der Waals surface area contributed by atoms with E-state index in [0.29, 0.717) is 23.7 Å². The van der Waals surface area contributed by atoms with Crippen molar-refractivity contribution in [3.8, 4) is 17.4 Å². The van der Waals surface area contributed by atoms with Gasteiger partial charge in [0, 0.05) is 24.4 Å². The Balaban J connectivity index is 1.63. The highest BCUT2D eigenvalue weighted by Crippen LogP contribution is 2.34. The number of rotatable bonds is 7. The molecule has 1 heterocycles. The van der Waals surface area contributed by atoms with Crippen LogP contribution in [0.5, 0.6) is 17.4 Å². The van der Waals surface area contributed by atoms with Gasteiger partial charge in [-0.05, 0) is 31.7 Å². The fraction of sp³-hybridized carbons (Fsp3) is 0.400. The van der Waals surface area contributed by atoms with Crippen molar-refractivity contribution in [3.05, 3.63) is 51.2 Å². The smallest absolute Gasteiger partial charge is 0.286 e. The summed E-state index contributed by atoms with van der Waals surface area (Å²) in [4.78, 5) is 27.7. The quantitative estimate of drug-likeness (QED) is 0.520. The summed E-state index contributed by atoms with van der Waals surface area (Å²) in [5.41, 5.74) is -0.405. The van der Waals surface area contributed by atoms with Crippen LogP contribution in [0.25, 0.3) is 0 Å². The number of nitro benzene ring substituents is 1. The molecule has 3 rings (SSSR count). The van der Waals surface area contributed by atoms with Crippen molar-refractivity contribution >= 4 is 23.2 Å². The molecule has 9 nitrogen and oxygen atoms in total. The molecule has 0 radical (unpaired) electrons. The molecule has 160 valence electrons. The number of nitrogens with one attached hydrogen (secondary N) is 1. The van der Waals surface area contributed by atoms with Crippen LogP contribution < -0.4 is 19.5 Å². The van der Waals surface area contributed by atoms with Crippen LogP contribution in [0.2, 0.25) is 5.02 Å². The summed E-state index contributed by atoms with van der Waals surface area (Å²) in [5.74, 6) is 0.425. The number of carbonyl (C=O) groups is 1. The van der Waals surface area contributed by atoms with E-state index in [1.807, 2.05) is 0 Å². The van der Waals surface area contributed by atoms with Gasteiger partial charge in [0.2, 0.25) is 5.88 Å². The lowest BCUT2D eigenvalue weighted by Gasteiger charge is -2.29. The van der Waals surface area contributed by atoms with Crippen LogP contribution in [0.3, 0.4) is 0 Å². The number of methoxy groups -OCH3 is 2. The van der Waals surface area contributed by atoms with E-state index >= 15 is 0 Å². The average Bonchev–Trinajstić information content (AvgIpc) is 2.75. The molecule has 2 aromatic rings. The molecule has 0 bridgehead atoms. The van der Waals surface area contributed by atoms with Gasteiger partial charge >= 0.3 is 0 Å². The summed E-state index contributed by atoms with van der Waals surface area (Å²) >= 11 is 5.82. The summed E-state index contributed by atoms with van der Waals surface area (Å²) in [6.07, 6.45) is 4.34. The zero-order chi connectivity index (χ0) is 21.7. The van der Waals surface area contributed by atoms with Gasteiger partial charge in [-0.25, -0.2) is 4.98 Å². The summed E-state index contributed by atoms with van der Waals surface area (Å²) in [6.45, 7) is 0. The van der Waals surface area contributed by atoms with Gasteiger partial charge in [0.05, 0.1) is 30.2 Å². The first-order chi connectivity index (χ1) is 14.4. The van der Waals surface area contributed by atoms with Gasteiger partial charge in [0.15, 0.2) is 11.5 Å². The molecule has 1 aliphatic rings. The highest BCUT2D eigenvalue weighted by Gasteiger charge is 2.28. The number of ether oxygens (including phenoxy) is 3. The molecule has 0 saturated heterocycles. The predicted octanol–water partition coefficient (Wildman–Crippen LogP) is 3.78. The monoisotopic (exact) mass is 435 g/mol. The summed E-state index contributed by atoms with van der Waals surface area (Å²) < 4.78 is 16.1. The van der Waals surface area contributed by atoms with E-state index in [2.05, 4.69) is 10.3 Å². The third-order valence-electron chi connectivity index (χ3n) is 4.94. The molecule has 10 heteroatoms. The van der Waals surface area contributed by atoms with Crippen molar-refractivity contribution in [2.45, 2.75) is 37.8 Å². The van der Waals surface area contributed by atoms with Crippen molar-refractivity contribution < 1.29 is 23.9 Å². The van der Waals surface area contributed by atoms with Crippen LogP contribution >= 0.6 is 11.6 Å². The van der Waals surface area contributed by atoms with Crippen molar-refractivity contribution in [1.82, 2.24) is 10.3 Å². The number of nitrogens with zero attached hydrogens (tertiary/aromatic N) is 2. The molecular weight excluding hydrogens is 414 g/mol. The van der Waals surface area contributed by atoms with E-state index in [1.165, 1.54) is 32.5 Å². The Kier molecular flexibility index (Phi) is 6.94. The molecule has 1 N–H and O–H groups in total. The van der Waals surface area contributed by atoms with Gasteiger partial charge in [0.1, 0.15) is 11.7 Å². The lowest BCUT2D eigenvalue weighted by Crippen LogP contribution is -2.40. The first-order valence-corrected chi connectivity index (χ1v) is 9.78. The number of benzene rings is 1. The third-order valence-corrected chi connectivity index (χ3v) is 5.16. The molecular formula is C20H22ClN3O6. The van der Waals surface area contributed by atoms with Crippen LogP contribution in [-0.2, 0) is 0 Å². The highest BCUT2D eigenvalue weighted by molar-refractivity contribution is 6.30. The molecule has 1 aromatic carbocycles. The Labute approximate surface area is 178 Å². The molecule has 1 aliphatic carbocycles. The van der Waals surface area contributed by atoms with Crippen LogP contribution in [0.15, 0.2) is 30.5 Å². The van der Waals surface area contributed by atoms with E-state index in [-0.39, 0.29) is 34.9 Å². The van der Waals surface area contributed by atoms with Crippen molar-refractivity contribution in [1.29, 1.82) is 0 Å². The summed E-state index contributed by atoms with van der Waals surface area (Å²) in [7, 11) is 2.78. The molecule has 0 aliphatic heterocycles. The Hall–Kier alpha value is -3.07. The normalized spacial score (nSPS) is 18.4. The van der Waals surface area contributed by atoms with Crippen molar-refractivity contribution in [3.63, 3.8) is 0 Å². The average molecular weight is 436 g/mol. The molecule has 0 atom stereocenters. The third kappa shape index (κ3) is 5.10. The van der Waals surface area contributed by atoms with Crippen LogP contribution in [0.4, 0.5) is 5.69 Å². The molecule has 30 heavy (non-hydrogen) atoms. The fourth-order valence-corrected chi connectivity index (χ4v) is 3.50. The zero-order valence-electron chi connectivity index (χ0n) is 16.6. The van der Waals surface area contributed by atoms with E-state index in [0.717, 1.165) is 12.8 Å². The van der Waals surface area contributed by atoms with Gasteiger partial charge in [0.25, 0.3) is 11.6 Å². The van der Waals surface area contributed by atoms with E-state index in [9.17, 15) is 14.9 Å². The Morgan fingerprint density at radius 3 is 2.40 bits per heavy atom. The Morgan fingerprint density at radius 1 is 1.17 bits per heavy atom. The van der Waals surface area contributed by atoms with Crippen LogP contribution in [0.1, 0.15) is 36.0 Å². The topological polar surface area (TPSA) is 113 Å². The molecule has 0 spiro atoms. The number of nitro groups is 1. The van der Waals surface area contributed by atoms with Gasteiger partial charge in [-0.15, -0.1) is 0 Å². The maximum absolute atomic E-state index is 12.7. The zero-order valence-corrected chi connectivity index (χ0v) is 17.3. The maximum Gasteiger partial charge on any atom is 0.286 e. The van der Waals surface area contributed by atoms with Crippen molar-refractivity contribution in [2.24, 2.45) is 0 Å².